The number of rotatable bonds is 6. The van der Waals surface area contributed by atoms with Crippen LogP contribution in [0.15, 0.2) is 23.6 Å². The number of hydrogen-bond acceptors (Lipinski definition) is 6. The van der Waals surface area contributed by atoms with Crippen molar-refractivity contribution >= 4 is 15.7 Å². The highest BCUT2D eigenvalue weighted by Crippen LogP contribution is 2.20. The second-order valence-electron chi connectivity index (χ2n) is 4.89. The summed E-state index contributed by atoms with van der Waals surface area (Å²) in [5, 5.41) is 9.92. The molecule has 0 atom stereocenters. The van der Waals surface area contributed by atoms with Crippen molar-refractivity contribution in [3.8, 4) is 0 Å². The first-order valence-corrected chi connectivity index (χ1v) is 7.93. The molecule has 0 saturated carbocycles. The molecule has 0 aromatic carbocycles. The maximum absolute atomic E-state index is 12.5. The largest absolute Gasteiger partial charge is 0.309 e. The van der Waals surface area contributed by atoms with Crippen molar-refractivity contribution in [1.82, 2.24) is 25.5 Å². The van der Waals surface area contributed by atoms with Crippen LogP contribution in [-0.2, 0) is 16.6 Å². The Morgan fingerprint density at radius 1 is 1.29 bits per heavy atom. The molecule has 0 aliphatic heterocycles. The van der Waals surface area contributed by atoms with Crippen LogP contribution >= 0.6 is 0 Å². The Hall–Kier alpha value is -2.00. The van der Waals surface area contributed by atoms with Gasteiger partial charge >= 0.3 is 0 Å². The van der Waals surface area contributed by atoms with Crippen molar-refractivity contribution < 1.29 is 8.42 Å². The molecular weight excluding hydrogens is 292 g/mol. The summed E-state index contributed by atoms with van der Waals surface area (Å²) in [5.74, 6) is 0. The van der Waals surface area contributed by atoms with Gasteiger partial charge in [0.2, 0.25) is 0 Å². The summed E-state index contributed by atoms with van der Waals surface area (Å²) < 4.78 is 27.4. The smallest absolute Gasteiger partial charge is 0.265 e. The van der Waals surface area contributed by atoms with E-state index in [9.17, 15) is 8.42 Å². The zero-order valence-corrected chi connectivity index (χ0v) is 12.9. The maximum atomic E-state index is 12.5. The Morgan fingerprint density at radius 2 is 1.95 bits per heavy atom. The molecule has 2 heterocycles. The highest BCUT2D eigenvalue weighted by atomic mass is 32.2. The fourth-order valence-corrected chi connectivity index (χ4v) is 3.20. The summed E-state index contributed by atoms with van der Waals surface area (Å²) in [6.45, 7) is 5.99. The summed E-state index contributed by atoms with van der Waals surface area (Å²) in [5.41, 5.74) is 1.24. The summed E-state index contributed by atoms with van der Waals surface area (Å²) in [7, 11) is -3.74. The van der Waals surface area contributed by atoms with E-state index in [-0.39, 0.29) is 10.9 Å². The van der Waals surface area contributed by atoms with Crippen molar-refractivity contribution in [1.29, 1.82) is 0 Å². The summed E-state index contributed by atoms with van der Waals surface area (Å²) in [4.78, 5) is 7.71. The number of nitrogens with one attached hydrogen (secondary N) is 3. The Labute approximate surface area is 123 Å². The van der Waals surface area contributed by atoms with E-state index >= 15 is 0 Å². The van der Waals surface area contributed by atoms with E-state index in [1.54, 1.807) is 6.92 Å². The molecule has 2 aromatic heterocycles. The maximum Gasteiger partial charge on any atom is 0.265 e. The second-order valence-corrected chi connectivity index (χ2v) is 6.51. The lowest BCUT2D eigenvalue weighted by Gasteiger charge is -2.10. The Balaban J connectivity index is 2.29. The monoisotopic (exact) mass is 310 g/mol. The average Bonchev–Trinajstić information content (AvgIpc) is 2.79. The third-order valence-electron chi connectivity index (χ3n) is 2.72. The van der Waals surface area contributed by atoms with Crippen LogP contribution in [0.2, 0.25) is 0 Å². The number of aromatic amines is 1. The van der Waals surface area contributed by atoms with Gasteiger partial charge in [-0.15, -0.1) is 0 Å². The zero-order valence-electron chi connectivity index (χ0n) is 12.1. The molecule has 0 amide bonds. The first kappa shape index (κ1) is 15.4. The van der Waals surface area contributed by atoms with Crippen LogP contribution in [0, 0.1) is 6.92 Å². The molecule has 0 aliphatic rings. The number of hydrogen-bond donors (Lipinski definition) is 3. The summed E-state index contributed by atoms with van der Waals surface area (Å²) in [6, 6.07) is 0.230. The van der Waals surface area contributed by atoms with Gasteiger partial charge in [0.05, 0.1) is 29.5 Å². The van der Waals surface area contributed by atoms with Crippen molar-refractivity contribution in [2.24, 2.45) is 0 Å². The molecule has 2 rings (SSSR count). The Kier molecular flexibility index (Phi) is 4.53. The minimum absolute atomic E-state index is 0.152. The van der Waals surface area contributed by atoms with E-state index in [4.69, 9.17) is 0 Å². The third kappa shape index (κ3) is 3.76. The van der Waals surface area contributed by atoms with E-state index in [0.29, 0.717) is 23.6 Å². The summed E-state index contributed by atoms with van der Waals surface area (Å²) >= 11 is 0. The van der Waals surface area contributed by atoms with E-state index in [0.717, 1.165) is 0 Å². The molecule has 2 aromatic rings. The van der Waals surface area contributed by atoms with Crippen LogP contribution in [0.3, 0.4) is 0 Å². The third-order valence-corrected chi connectivity index (χ3v) is 4.30. The number of anilines is 1. The van der Waals surface area contributed by atoms with Crippen LogP contribution in [-0.4, -0.2) is 34.6 Å². The molecule has 0 fully saturated rings. The van der Waals surface area contributed by atoms with Crippen LogP contribution in [0.4, 0.5) is 5.69 Å². The zero-order chi connectivity index (χ0) is 15.5. The van der Waals surface area contributed by atoms with Gasteiger partial charge in [-0.05, 0) is 6.92 Å². The topological polar surface area (TPSA) is 113 Å². The number of nitrogens with zero attached hydrogens (tertiary/aromatic N) is 3. The lowest BCUT2D eigenvalue weighted by molar-refractivity contribution is 0.570. The van der Waals surface area contributed by atoms with Crippen molar-refractivity contribution in [3.63, 3.8) is 0 Å². The average molecular weight is 310 g/mol. The molecule has 0 bridgehead atoms. The molecule has 0 unspecified atom stereocenters. The molecular formula is C12H18N6O2S. The van der Waals surface area contributed by atoms with Gasteiger partial charge in [-0.1, -0.05) is 13.8 Å². The number of H-pyrrole nitrogens is 1. The highest BCUT2D eigenvalue weighted by Gasteiger charge is 2.24. The molecule has 0 radical (unpaired) electrons. The predicted octanol–water partition coefficient (Wildman–Crippen LogP) is 0.807. The van der Waals surface area contributed by atoms with E-state index in [1.807, 2.05) is 13.8 Å². The number of aromatic nitrogens is 4. The highest BCUT2D eigenvalue weighted by molar-refractivity contribution is 7.92. The Bertz CT molecular complexity index is 696. The van der Waals surface area contributed by atoms with Crippen molar-refractivity contribution in [2.45, 2.75) is 38.3 Å². The fraction of sp³-hybridized carbons (Fsp3) is 0.417. The lowest BCUT2D eigenvalue weighted by Crippen LogP contribution is -2.24. The molecule has 0 saturated heterocycles. The van der Waals surface area contributed by atoms with Gasteiger partial charge in [0, 0.05) is 12.6 Å². The van der Waals surface area contributed by atoms with E-state index in [1.165, 1.54) is 18.7 Å². The normalized spacial score (nSPS) is 11.8. The van der Waals surface area contributed by atoms with E-state index in [2.05, 4.69) is 30.2 Å². The molecule has 3 N–H and O–H groups in total. The summed E-state index contributed by atoms with van der Waals surface area (Å²) in [6.07, 6.45) is 4.12. The fourth-order valence-electron chi connectivity index (χ4n) is 1.80. The molecule has 9 heteroatoms. The molecule has 8 nitrogen and oxygen atoms in total. The standard InChI is InChI=1S/C12H18N6O2S/c1-8(2)15-6-11-12(9(3)16-17-11)21(19,20)18-10-4-13-7-14-5-10/h4-5,7-8,15,18H,6H2,1-3H3,(H,16,17). The van der Waals surface area contributed by atoms with Gasteiger partial charge in [-0.3, -0.25) is 9.82 Å². The van der Waals surface area contributed by atoms with Crippen LogP contribution in [0.5, 0.6) is 0 Å². The van der Waals surface area contributed by atoms with Crippen molar-refractivity contribution in [3.05, 3.63) is 30.1 Å². The van der Waals surface area contributed by atoms with Crippen LogP contribution in [0.25, 0.3) is 0 Å². The quantitative estimate of drug-likeness (QED) is 0.727. The molecule has 0 spiro atoms. The van der Waals surface area contributed by atoms with Crippen LogP contribution < -0.4 is 10.0 Å². The lowest BCUT2D eigenvalue weighted by atomic mass is 10.3. The number of sulfonamides is 1. The van der Waals surface area contributed by atoms with Gasteiger partial charge in [0.15, 0.2) is 0 Å². The van der Waals surface area contributed by atoms with Crippen molar-refractivity contribution in [2.75, 3.05) is 4.72 Å². The van der Waals surface area contributed by atoms with Gasteiger partial charge in [0.1, 0.15) is 11.2 Å². The first-order chi connectivity index (χ1) is 9.90. The SMILES string of the molecule is Cc1[nH]nc(CNC(C)C)c1S(=O)(=O)Nc1cncnc1. The van der Waals surface area contributed by atoms with E-state index < -0.39 is 10.0 Å². The minimum atomic E-state index is -3.74. The number of aryl methyl sites for hydroxylation is 1. The second kappa shape index (κ2) is 6.19. The van der Waals surface area contributed by atoms with Crippen LogP contribution in [0.1, 0.15) is 25.2 Å². The Morgan fingerprint density at radius 3 is 2.57 bits per heavy atom. The van der Waals surface area contributed by atoms with Gasteiger partial charge in [0.25, 0.3) is 10.0 Å². The molecule has 21 heavy (non-hydrogen) atoms. The first-order valence-electron chi connectivity index (χ1n) is 6.45. The molecule has 0 aliphatic carbocycles. The molecule has 114 valence electrons. The predicted molar refractivity (Wildman–Crippen MR) is 78.1 cm³/mol. The van der Waals surface area contributed by atoms with Gasteiger partial charge in [-0.2, -0.15) is 5.10 Å². The van der Waals surface area contributed by atoms with Gasteiger partial charge < -0.3 is 5.32 Å². The van der Waals surface area contributed by atoms with Gasteiger partial charge in [-0.25, -0.2) is 18.4 Å². The minimum Gasteiger partial charge on any atom is -0.309 e.